The van der Waals surface area contributed by atoms with Gasteiger partial charge in [-0.05, 0) is 31.9 Å². The van der Waals surface area contributed by atoms with E-state index >= 15 is 0 Å². The van der Waals surface area contributed by atoms with E-state index in [1.165, 1.54) is 11.3 Å². The Balaban J connectivity index is 2.85. The Labute approximate surface area is 125 Å². The molecule has 0 saturated heterocycles. The number of carbonyl (C=O) groups excluding carboxylic acids is 1. The minimum atomic E-state index is -0.156. The summed E-state index contributed by atoms with van der Waals surface area (Å²) in [4.78, 5) is 16.1. The van der Waals surface area contributed by atoms with Crippen molar-refractivity contribution in [3.05, 3.63) is 21.9 Å². The molecule has 0 bridgehead atoms. The van der Waals surface area contributed by atoms with Crippen LogP contribution in [0.25, 0.3) is 0 Å². The van der Waals surface area contributed by atoms with Gasteiger partial charge in [0.1, 0.15) is 6.61 Å². The van der Waals surface area contributed by atoms with Crippen molar-refractivity contribution in [2.24, 2.45) is 0 Å². The van der Waals surface area contributed by atoms with Crippen LogP contribution < -0.4 is 0 Å². The maximum absolute atomic E-state index is 12.6. The smallest absolute Gasteiger partial charge is 0.264 e. The van der Waals surface area contributed by atoms with Crippen molar-refractivity contribution in [1.82, 2.24) is 4.90 Å². The fourth-order valence-corrected chi connectivity index (χ4v) is 2.70. The van der Waals surface area contributed by atoms with Crippen LogP contribution in [0.4, 0.5) is 0 Å². The highest BCUT2D eigenvalue weighted by Gasteiger charge is 2.21. The van der Waals surface area contributed by atoms with Crippen molar-refractivity contribution in [2.45, 2.75) is 46.1 Å². The Morgan fingerprint density at radius 2 is 2.20 bits per heavy atom. The van der Waals surface area contributed by atoms with Crippen LogP contribution in [0.3, 0.4) is 0 Å². The quantitative estimate of drug-likeness (QED) is 0.819. The van der Waals surface area contributed by atoms with Gasteiger partial charge in [-0.2, -0.15) is 0 Å². The second-order valence-corrected chi connectivity index (χ2v) is 5.82. The van der Waals surface area contributed by atoms with E-state index in [1.54, 1.807) is 0 Å². The first-order chi connectivity index (χ1) is 9.63. The molecule has 1 atom stereocenters. The first-order valence-corrected chi connectivity index (χ1v) is 7.96. The number of thiophene rings is 1. The molecule has 1 aromatic rings. The number of hydrogen-bond donors (Lipinski definition) is 1. The summed E-state index contributed by atoms with van der Waals surface area (Å²) in [5, 5.41) is 8.69. The second-order valence-electron chi connectivity index (χ2n) is 4.73. The zero-order valence-electron chi connectivity index (χ0n) is 12.5. The number of unbranched alkanes of at least 4 members (excludes halogenated alkanes) is 1. The Morgan fingerprint density at radius 3 is 2.80 bits per heavy atom. The molecule has 1 N–H and O–H groups in total. The molecule has 4 heteroatoms. The Bertz CT molecular complexity index is 484. The second kappa shape index (κ2) is 8.78. The molecule has 0 aliphatic heterocycles. The average Bonchev–Trinajstić information content (AvgIpc) is 2.93. The molecule has 1 amide bonds. The molecule has 110 valence electrons. The molecule has 0 spiro atoms. The zero-order chi connectivity index (χ0) is 15.0. The van der Waals surface area contributed by atoms with Gasteiger partial charge in [-0.1, -0.05) is 32.1 Å². The molecule has 0 radical (unpaired) electrons. The van der Waals surface area contributed by atoms with Crippen molar-refractivity contribution in [3.63, 3.8) is 0 Å². The first-order valence-electron chi connectivity index (χ1n) is 7.14. The van der Waals surface area contributed by atoms with Gasteiger partial charge in [-0.25, -0.2) is 0 Å². The van der Waals surface area contributed by atoms with Gasteiger partial charge in [0.25, 0.3) is 5.91 Å². The van der Waals surface area contributed by atoms with Crippen LogP contribution in [0, 0.1) is 11.8 Å². The van der Waals surface area contributed by atoms with Crippen LogP contribution in [-0.4, -0.2) is 35.1 Å². The molecular weight excluding hydrogens is 270 g/mol. The molecule has 1 unspecified atom stereocenters. The van der Waals surface area contributed by atoms with Gasteiger partial charge in [0.05, 0.1) is 9.75 Å². The summed E-state index contributed by atoms with van der Waals surface area (Å²) in [6, 6.07) is 3.92. The molecule has 0 aliphatic carbocycles. The number of aliphatic hydroxyl groups excluding tert-OH is 1. The van der Waals surface area contributed by atoms with Gasteiger partial charge in [0, 0.05) is 12.6 Å². The molecule has 20 heavy (non-hydrogen) atoms. The van der Waals surface area contributed by atoms with Crippen molar-refractivity contribution >= 4 is 17.2 Å². The molecular formula is C16H23NO2S. The summed E-state index contributed by atoms with van der Waals surface area (Å²) in [6.45, 7) is 6.97. The van der Waals surface area contributed by atoms with E-state index in [2.05, 4.69) is 32.6 Å². The summed E-state index contributed by atoms with van der Waals surface area (Å²) >= 11 is 1.39. The molecule has 0 saturated carbocycles. The van der Waals surface area contributed by atoms with E-state index in [0.29, 0.717) is 0 Å². The van der Waals surface area contributed by atoms with Crippen LogP contribution in [-0.2, 0) is 0 Å². The number of aliphatic hydroxyl groups is 1. The maximum atomic E-state index is 12.6. The van der Waals surface area contributed by atoms with Gasteiger partial charge in [-0.3, -0.25) is 4.79 Å². The first kappa shape index (κ1) is 16.7. The van der Waals surface area contributed by atoms with Gasteiger partial charge in [-0.15, -0.1) is 11.3 Å². The summed E-state index contributed by atoms with van der Waals surface area (Å²) in [6.07, 6.45) is 3.06. The third-order valence-electron chi connectivity index (χ3n) is 3.24. The molecule has 0 aliphatic rings. The Morgan fingerprint density at radius 1 is 1.45 bits per heavy atom. The standard InChI is InChI=1S/C16H23NO2S/c1-4-6-11-17(13(3)5-2)16(19)15-10-9-14(20-15)8-7-12-18/h9-10,13,18H,4-6,11-12H2,1-3H3. The molecule has 1 heterocycles. The van der Waals surface area contributed by atoms with Gasteiger partial charge in [0.15, 0.2) is 0 Å². The fourth-order valence-electron chi connectivity index (χ4n) is 1.86. The van der Waals surface area contributed by atoms with Crippen molar-refractivity contribution in [2.75, 3.05) is 13.2 Å². The lowest BCUT2D eigenvalue weighted by atomic mass is 10.2. The zero-order valence-corrected chi connectivity index (χ0v) is 13.3. The van der Waals surface area contributed by atoms with Gasteiger partial charge >= 0.3 is 0 Å². The van der Waals surface area contributed by atoms with E-state index in [0.717, 1.165) is 35.6 Å². The van der Waals surface area contributed by atoms with Crippen molar-refractivity contribution in [3.8, 4) is 11.8 Å². The summed E-state index contributed by atoms with van der Waals surface area (Å²) in [5.41, 5.74) is 0. The molecule has 1 aromatic heterocycles. The normalized spacial score (nSPS) is 11.6. The molecule has 1 rings (SSSR count). The van der Waals surface area contributed by atoms with E-state index in [4.69, 9.17) is 5.11 Å². The lowest BCUT2D eigenvalue weighted by Crippen LogP contribution is -2.38. The van der Waals surface area contributed by atoms with E-state index in [9.17, 15) is 4.79 Å². The van der Waals surface area contributed by atoms with Crippen molar-refractivity contribution in [1.29, 1.82) is 0 Å². The monoisotopic (exact) mass is 293 g/mol. The summed E-state index contributed by atoms with van der Waals surface area (Å²) in [5.74, 6) is 5.54. The highest BCUT2D eigenvalue weighted by molar-refractivity contribution is 7.14. The fraction of sp³-hybridized carbons (Fsp3) is 0.562. The van der Waals surface area contributed by atoms with E-state index < -0.39 is 0 Å². The maximum Gasteiger partial charge on any atom is 0.264 e. The topological polar surface area (TPSA) is 40.5 Å². The number of hydrogen-bond acceptors (Lipinski definition) is 3. The van der Waals surface area contributed by atoms with Crippen molar-refractivity contribution < 1.29 is 9.90 Å². The number of rotatable bonds is 6. The van der Waals surface area contributed by atoms with Gasteiger partial charge in [0.2, 0.25) is 0 Å². The van der Waals surface area contributed by atoms with Crippen LogP contribution in [0.2, 0.25) is 0 Å². The average molecular weight is 293 g/mol. The molecule has 3 nitrogen and oxygen atoms in total. The lowest BCUT2D eigenvalue weighted by molar-refractivity contribution is 0.0690. The summed E-state index contributed by atoms with van der Waals surface area (Å²) < 4.78 is 0. The largest absolute Gasteiger partial charge is 0.384 e. The number of amides is 1. The van der Waals surface area contributed by atoms with E-state index in [1.807, 2.05) is 17.0 Å². The minimum absolute atomic E-state index is 0.0925. The van der Waals surface area contributed by atoms with Crippen LogP contribution in [0.5, 0.6) is 0 Å². The SMILES string of the molecule is CCCCN(C(=O)c1ccc(C#CCO)s1)C(C)CC. The predicted molar refractivity (Wildman–Crippen MR) is 84.0 cm³/mol. The third-order valence-corrected chi connectivity index (χ3v) is 4.23. The Hall–Kier alpha value is -1.31. The highest BCUT2D eigenvalue weighted by Crippen LogP contribution is 2.20. The van der Waals surface area contributed by atoms with Crippen LogP contribution in [0.15, 0.2) is 12.1 Å². The van der Waals surface area contributed by atoms with Gasteiger partial charge < -0.3 is 10.0 Å². The number of nitrogens with zero attached hydrogens (tertiary/aromatic N) is 1. The van der Waals surface area contributed by atoms with E-state index in [-0.39, 0.29) is 18.6 Å². The Kier molecular flexibility index (Phi) is 7.35. The number of carbonyl (C=O) groups is 1. The van der Waals surface area contributed by atoms with Crippen LogP contribution in [0.1, 0.15) is 54.6 Å². The third kappa shape index (κ3) is 4.66. The highest BCUT2D eigenvalue weighted by atomic mass is 32.1. The predicted octanol–water partition coefficient (Wildman–Crippen LogP) is 3.13. The molecule has 0 fully saturated rings. The molecule has 0 aromatic carbocycles. The summed E-state index contributed by atoms with van der Waals surface area (Å²) in [7, 11) is 0. The van der Waals surface area contributed by atoms with Crippen LogP contribution >= 0.6 is 11.3 Å². The minimum Gasteiger partial charge on any atom is -0.384 e. The lowest BCUT2D eigenvalue weighted by Gasteiger charge is -2.28.